The predicted molar refractivity (Wildman–Crippen MR) is 270 cm³/mol. The molecule has 0 bridgehead atoms. The zero-order valence-electron chi connectivity index (χ0n) is 41.2. The van der Waals surface area contributed by atoms with Crippen LogP contribution in [-0.2, 0) is 18.4 Å². The average Bonchev–Trinajstić information content (AvgIpc) is 3.24. The number of amides is 1. The Labute approximate surface area is 388 Å². The van der Waals surface area contributed by atoms with Gasteiger partial charge in [0.15, 0.2) is 0 Å². The number of aliphatic hydroxyl groups excluding tert-OH is 1. The second-order valence-corrected chi connectivity index (χ2v) is 19.5. The van der Waals surface area contributed by atoms with Gasteiger partial charge in [-0.05, 0) is 77.0 Å². The first kappa shape index (κ1) is 60.7. The molecule has 0 aliphatic rings. The fourth-order valence-corrected chi connectivity index (χ4v) is 7.61. The van der Waals surface area contributed by atoms with Gasteiger partial charge in [-0.1, -0.05) is 202 Å². The molecular formula is C54H97N2O6P. The van der Waals surface area contributed by atoms with Crippen LogP contribution in [0.1, 0.15) is 200 Å². The molecule has 3 atom stereocenters. The van der Waals surface area contributed by atoms with Gasteiger partial charge in [-0.2, -0.15) is 0 Å². The molecule has 0 aromatic rings. The lowest BCUT2D eigenvalue weighted by Gasteiger charge is -2.29. The number of hydrogen-bond acceptors (Lipinski definition) is 6. The van der Waals surface area contributed by atoms with Crippen molar-refractivity contribution in [3.63, 3.8) is 0 Å². The number of allylic oxidation sites excluding steroid dienone is 13. The number of quaternary nitrogens is 1. The van der Waals surface area contributed by atoms with Gasteiger partial charge in [-0.25, -0.2) is 0 Å². The van der Waals surface area contributed by atoms with Crippen molar-refractivity contribution < 1.29 is 32.9 Å². The number of aliphatic hydroxyl groups is 1. The fraction of sp³-hybridized carbons (Fsp3) is 0.722. The quantitative estimate of drug-likeness (QED) is 0.0273. The zero-order valence-corrected chi connectivity index (χ0v) is 42.1. The Morgan fingerprint density at radius 1 is 0.556 bits per heavy atom. The molecule has 0 radical (unpaired) electrons. The van der Waals surface area contributed by atoms with Crippen LogP contribution in [0.15, 0.2) is 85.1 Å². The third-order valence-corrected chi connectivity index (χ3v) is 11.8. The normalized spacial score (nSPS) is 14.8. The molecule has 63 heavy (non-hydrogen) atoms. The average molecular weight is 901 g/mol. The first-order chi connectivity index (χ1) is 30.5. The lowest BCUT2D eigenvalue weighted by atomic mass is 10.0. The zero-order chi connectivity index (χ0) is 46.4. The highest BCUT2D eigenvalue weighted by atomic mass is 31.2. The molecule has 9 heteroatoms. The molecule has 0 spiro atoms. The van der Waals surface area contributed by atoms with Crippen LogP contribution >= 0.6 is 7.82 Å². The van der Waals surface area contributed by atoms with Crippen molar-refractivity contribution in [2.45, 2.75) is 212 Å². The van der Waals surface area contributed by atoms with E-state index < -0.39 is 26.6 Å². The Morgan fingerprint density at radius 3 is 1.41 bits per heavy atom. The van der Waals surface area contributed by atoms with Crippen molar-refractivity contribution in [2.75, 3.05) is 40.9 Å². The Kier molecular flexibility index (Phi) is 43.2. The maximum atomic E-state index is 12.9. The van der Waals surface area contributed by atoms with E-state index in [1.54, 1.807) is 6.08 Å². The predicted octanol–water partition coefficient (Wildman–Crippen LogP) is 14.3. The standard InChI is InChI=1S/C54H97N2O6P/c1-6-8-10-12-14-16-18-19-20-21-22-23-24-25-26-27-28-29-30-31-32-33-34-35-36-37-38-40-42-44-46-48-54(58)55-52(51-62-63(59,60)61-50-49-56(3,4)5)53(57)47-45-43-41-39-17-15-13-11-9-7-2/h8-11,14,16-17,19-20,22-23,39,45,47,52-53,57H,6-7,12-13,15,18,21,24-38,40-44,46,48-51H2,1-5H3,(H-,55,58,59,60)/b10-8-,11-9+,16-14-,20-19-,23-22-,39-17+,47-45+. The minimum Gasteiger partial charge on any atom is -0.756 e. The molecule has 8 nitrogen and oxygen atoms in total. The number of hydrogen-bond donors (Lipinski definition) is 2. The van der Waals surface area contributed by atoms with Crippen molar-refractivity contribution in [1.82, 2.24) is 5.32 Å². The van der Waals surface area contributed by atoms with Crippen LogP contribution < -0.4 is 10.2 Å². The second kappa shape index (κ2) is 44.9. The highest BCUT2D eigenvalue weighted by Crippen LogP contribution is 2.38. The van der Waals surface area contributed by atoms with E-state index in [9.17, 15) is 19.4 Å². The summed E-state index contributed by atoms with van der Waals surface area (Å²) in [4.78, 5) is 25.3. The van der Waals surface area contributed by atoms with Gasteiger partial charge in [0, 0.05) is 6.42 Å². The van der Waals surface area contributed by atoms with Crippen LogP contribution in [0.5, 0.6) is 0 Å². The van der Waals surface area contributed by atoms with E-state index >= 15 is 0 Å². The monoisotopic (exact) mass is 901 g/mol. The molecule has 0 rings (SSSR count). The molecule has 3 unspecified atom stereocenters. The van der Waals surface area contributed by atoms with Crippen LogP contribution in [0.4, 0.5) is 0 Å². The minimum absolute atomic E-state index is 0.0116. The Bertz CT molecular complexity index is 1300. The van der Waals surface area contributed by atoms with Gasteiger partial charge in [0.25, 0.3) is 7.82 Å². The highest BCUT2D eigenvalue weighted by molar-refractivity contribution is 7.45. The Balaban J connectivity index is 4.05. The second-order valence-electron chi connectivity index (χ2n) is 18.1. The Hall–Kier alpha value is -2.32. The number of unbranched alkanes of at least 4 members (excludes halogenated alkanes) is 20. The largest absolute Gasteiger partial charge is 0.756 e. The van der Waals surface area contributed by atoms with Gasteiger partial charge in [0.2, 0.25) is 5.91 Å². The van der Waals surface area contributed by atoms with Crippen molar-refractivity contribution in [3.05, 3.63) is 85.1 Å². The van der Waals surface area contributed by atoms with Crippen LogP contribution in [0.3, 0.4) is 0 Å². The number of phosphoric acid groups is 1. The molecule has 0 heterocycles. The van der Waals surface area contributed by atoms with Crippen LogP contribution in [0, 0.1) is 0 Å². The third-order valence-electron chi connectivity index (χ3n) is 10.8. The highest BCUT2D eigenvalue weighted by Gasteiger charge is 2.23. The van der Waals surface area contributed by atoms with E-state index in [0.717, 1.165) is 77.0 Å². The number of nitrogens with one attached hydrogen (secondary N) is 1. The summed E-state index contributed by atoms with van der Waals surface area (Å²) in [5.74, 6) is -0.216. The fourth-order valence-electron chi connectivity index (χ4n) is 6.89. The summed E-state index contributed by atoms with van der Waals surface area (Å²) >= 11 is 0. The molecular weight excluding hydrogens is 804 g/mol. The lowest BCUT2D eigenvalue weighted by molar-refractivity contribution is -0.870. The van der Waals surface area contributed by atoms with Gasteiger partial charge in [-0.15, -0.1) is 0 Å². The summed E-state index contributed by atoms with van der Waals surface area (Å²) in [6.07, 6.45) is 62.5. The van der Waals surface area contributed by atoms with Crippen molar-refractivity contribution >= 4 is 13.7 Å². The maximum absolute atomic E-state index is 12.9. The molecule has 0 aliphatic heterocycles. The molecule has 0 saturated heterocycles. The van der Waals surface area contributed by atoms with Crippen molar-refractivity contribution in [1.29, 1.82) is 0 Å². The van der Waals surface area contributed by atoms with E-state index in [0.29, 0.717) is 17.4 Å². The lowest BCUT2D eigenvalue weighted by Crippen LogP contribution is -2.45. The SMILES string of the molecule is CC/C=C\C/C=C\C/C=C\C/C=C\CCCCCCCCCCCCCCCCCCCCC(=O)NC(COP(=O)([O-])OCC[N+](C)(C)C)C(O)/C=C/CC/C=C/CC/C=C/CC. The minimum atomic E-state index is -4.60. The van der Waals surface area contributed by atoms with Gasteiger partial charge < -0.3 is 28.8 Å². The van der Waals surface area contributed by atoms with Gasteiger partial charge in [0.05, 0.1) is 39.9 Å². The molecule has 1 amide bonds. The summed E-state index contributed by atoms with van der Waals surface area (Å²) in [6.45, 7) is 4.37. The van der Waals surface area contributed by atoms with Crippen LogP contribution in [0.2, 0.25) is 0 Å². The molecule has 2 N–H and O–H groups in total. The topological polar surface area (TPSA) is 108 Å². The first-order valence-electron chi connectivity index (χ1n) is 25.4. The van der Waals surface area contributed by atoms with Gasteiger partial charge in [-0.3, -0.25) is 9.36 Å². The number of carbonyl (C=O) groups is 1. The Morgan fingerprint density at radius 2 is 0.937 bits per heavy atom. The van der Waals surface area contributed by atoms with E-state index in [4.69, 9.17) is 9.05 Å². The molecule has 0 aromatic heterocycles. The summed E-state index contributed by atoms with van der Waals surface area (Å²) in [7, 11) is 1.23. The van der Waals surface area contributed by atoms with Gasteiger partial charge in [0.1, 0.15) is 13.2 Å². The summed E-state index contributed by atoms with van der Waals surface area (Å²) in [5.41, 5.74) is 0. The molecule has 0 saturated carbocycles. The number of nitrogens with zero attached hydrogens (tertiary/aromatic N) is 1. The van der Waals surface area contributed by atoms with E-state index in [-0.39, 0.29) is 12.5 Å². The molecule has 0 aromatic carbocycles. The summed E-state index contributed by atoms with van der Waals surface area (Å²) < 4.78 is 23.2. The summed E-state index contributed by atoms with van der Waals surface area (Å²) in [5, 5.41) is 13.7. The third kappa shape index (κ3) is 47.5. The number of rotatable bonds is 45. The van der Waals surface area contributed by atoms with Crippen molar-refractivity contribution in [3.8, 4) is 0 Å². The van der Waals surface area contributed by atoms with Gasteiger partial charge >= 0.3 is 0 Å². The molecule has 0 aliphatic carbocycles. The number of likely N-dealkylation sites (N-methyl/N-ethyl adjacent to an activating group) is 1. The molecule has 364 valence electrons. The first-order valence-corrected chi connectivity index (χ1v) is 26.9. The van der Waals surface area contributed by atoms with Crippen molar-refractivity contribution in [2.24, 2.45) is 0 Å². The summed E-state index contributed by atoms with van der Waals surface area (Å²) in [6, 6.07) is -0.910. The van der Waals surface area contributed by atoms with E-state index in [2.05, 4.69) is 92.1 Å². The number of phosphoric ester groups is 1. The smallest absolute Gasteiger partial charge is 0.268 e. The molecule has 0 fully saturated rings. The maximum Gasteiger partial charge on any atom is 0.268 e. The van der Waals surface area contributed by atoms with E-state index in [1.807, 2.05) is 27.2 Å². The number of carbonyl (C=O) groups excluding carboxylic acids is 1. The van der Waals surface area contributed by atoms with Crippen LogP contribution in [-0.4, -0.2) is 68.5 Å². The van der Waals surface area contributed by atoms with Crippen LogP contribution in [0.25, 0.3) is 0 Å². The van der Waals surface area contributed by atoms with E-state index in [1.165, 1.54) is 103 Å².